The Balaban J connectivity index is 1.39. The summed E-state index contributed by atoms with van der Waals surface area (Å²) < 4.78 is 87.6. The van der Waals surface area contributed by atoms with E-state index in [-0.39, 0.29) is 47.3 Å². The highest BCUT2D eigenvalue weighted by Crippen LogP contribution is 2.50. The maximum absolute atomic E-state index is 13.5. The van der Waals surface area contributed by atoms with E-state index in [0.29, 0.717) is 38.7 Å². The van der Waals surface area contributed by atoms with Crippen LogP contribution in [0.1, 0.15) is 62.8 Å². The van der Waals surface area contributed by atoms with Crippen LogP contribution in [0.15, 0.2) is 24.3 Å². The minimum atomic E-state index is -4.89. The predicted octanol–water partition coefficient (Wildman–Crippen LogP) is 5.90. The number of hydrogen-bond donors (Lipinski definition) is 1. The lowest BCUT2D eigenvalue weighted by atomic mass is 9.72. The van der Waals surface area contributed by atoms with Crippen molar-refractivity contribution in [1.82, 2.24) is 15.2 Å². The Kier molecular flexibility index (Phi) is 6.46. The van der Waals surface area contributed by atoms with E-state index in [4.69, 9.17) is 4.74 Å². The first-order valence-electron chi connectivity index (χ1n) is 12.6. The number of hydrogen-bond acceptors (Lipinski definition) is 4. The molecular weight excluding hydrogens is 500 g/mol. The van der Waals surface area contributed by atoms with Gasteiger partial charge < -0.3 is 15.0 Å². The molecule has 0 radical (unpaired) electrons. The highest BCUT2D eigenvalue weighted by molar-refractivity contribution is 5.86. The van der Waals surface area contributed by atoms with Crippen molar-refractivity contribution in [3.63, 3.8) is 0 Å². The summed E-state index contributed by atoms with van der Waals surface area (Å²) in [5.41, 5.74) is -3.78. The molecule has 2 saturated heterocycles. The molecule has 1 aliphatic carbocycles. The maximum atomic E-state index is 13.5. The topological polar surface area (TPSA) is 54.5 Å². The van der Waals surface area contributed by atoms with Crippen molar-refractivity contribution in [1.29, 1.82) is 0 Å². The number of para-hydroxylation sites is 1. The van der Waals surface area contributed by atoms with Crippen LogP contribution in [0.3, 0.4) is 0 Å². The first-order valence-corrected chi connectivity index (χ1v) is 12.6. The maximum Gasteiger partial charge on any atom is 0.433 e. The Morgan fingerprint density at radius 1 is 1.16 bits per heavy atom. The third-order valence-electron chi connectivity index (χ3n) is 8.15. The van der Waals surface area contributed by atoms with Crippen LogP contribution in [0.2, 0.25) is 0 Å². The second kappa shape index (κ2) is 9.11. The van der Waals surface area contributed by atoms with E-state index in [1.807, 2.05) is 4.90 Å². The highest BCUT2D eigenvalue weighted by atomic mass is 19.4. The van der Waals surface area contributed by atoms with E-state index in [0.717, 1.165) is 12.1 Å². The van der Waals surface area contributed by atoms with Gasteiger partial charge in [-0.2, -0.15) is 26.3 Å². The largest absolute Gasteiger partial charge is 0.433 e. The minimum absolute atomic E-state index is 0.0200. The van der Waals surface area contributed by atoms with Crippen molar-refractivity contribution in [2.75, 3.05) is 6.61 Å². The van der Waals surface area contributed by atoms with Crippen molar-refractivity contribution < 1.29 is 35.9 Å². The van der Waals surface area contributed by atoms with Gasteiger partial charge in [0.15, 0.2) is 0 Å². The molecule has 202 valence electrons. The molecule has 3 fully saturated rings. The second-order valence-electron chi connectivity index (χ2n) is 10.7. The van der Waals surface area contributed by atoms with Gasteiger partial charge in [-0.1, -0.05) is 26.0 Å². The average Bonchev–Trinajstić information content (AvgIpc) is 3.22. The number of nitrogens with one attached hydrogen (secondary N) is 1. The van der Waals surface area contributed by atoms with Crippen molar-refractivity contribution in [3.05, 3.63) is 41.1 Å². The standard InChI is InChI=1S/C26H29F6N3O2/c1-14(2)20-13-37-24-9-8-17(11-16(24)6-7-22(36)35(20)24)33-12-15-10-21(26(30,31)32)34-23-18(15)4-3-5-19(23)25(27,28)29/h3-5,10,14,16-17,20,33H,6-9,11-13H2,1-2H3/t16-,17+,20-,24-/m1/s1. The van der Waals surface area contributed by atoms with Gasteiger partial charge in [0.2, 0.25) is 5.91 Å². The van der Waals surface area contributed by atoms with Crippen molar-refractivity contribution >= 4 is 16.8 Å². The van der Waals surface area contributed by atoms with Gasteiger partial charge >= 0.3 is 12.4 Å². The van der Waals surface area contributed by atoms with E-state index in [9.17, 15) is 31.1 Å². The van der Waals surface area contributed by atoms with Gasteiger partial charge in [-0.15, -0.1) is 0 Å². The third-order valence-corrected chi connectivity index (χ3v) is 8.15. The van der Waals surface area contributed by atoms with Crippen molar-refractivity contribution in [2.24, 2.45) is 11.8 Å². The van der Waals surface area contributed by atoms with Crippen LogP contribution in [-0.2, 0) is 28.4 Å². The van der Waals surface area contributed by atoms with Gasteiger partial charge in [0.05, 0.1) is 23.7 Å². The quantitative estimate of drug-likeness (QED) is 0.501. The summed E-state index contributed by atoms with van der Waals surface area (Å²) >= 11 is 0. The average molecular weight is 530 g/mol. The zero-order chi connectivity index (χ0) is 26.8. The number of pyridine rings is 1. The number of rotatable bonds is 4. The summed E-state index contributed by atoms with van der Waals surface area (Å²) in [6.07, 6.45) is -6.72. The number of piperidine rings is 1. The van der Waals surface area contributed by atoms with Crippen LogP contribution in [0, 0.1) is 11.8 Å². The number of aromatic nitrogens is 1. The Bertz CT molecular complexity index is 1200. The summed E-state index contributed by atoms with van der Waals surface area (Å²) in [6, 6.07) is 4.07. The fraction of sp³-hybridized carbons (Fsp3) is 0.615. The molecule has 2 aromatic rings. The number of carbonyl (C=O) groups excluding carboxylic acids is 1. The van der Waals surface area contributed by atoms with E-state index in [1.165, 1.54) is 12.1 Å². The Morgan fingerprint density at radius 3 is 2.59 bits per heavy atom. The van der Waals surface area contributed by atoms with Gasteiger partial charge in [0.1, 0.15) is 11.4 Å². The van der Waals surface area contributed by atoms with E-state index < -0.39 is 34.9 Å². The predicted molar refractivity (Wildman–Crippen MR) is 123 cm³/mol. The minimum Gasteiger partial charge on any atom is -0.353 e. The number of halogens is 6. The van der Waals surface area contributed by atoms with Gasteiger partial charge in [0, 0.05) is 30.3 Å². The molecule has 0 unspecified atom stereocenters. The molecule has 5 nitrogen and oxygen atoms in total. The van der Waals surface area contributed by atoms with Gasteiger partial charge in [-0.3, -0.25) is 4.79 Å². The fourth-order valence-electron chi connectivity index (χ4n) is 6.32. The molecule has 3 heterocycles. The van der Waals surface area contributed by atoms with Crippen LogP contribution in [0.25, 0.3) is 10.9 Å². The summed E-state index contributed by atoms with van der Waals surface area (Å²) in [4.78, 5) is 18.1. The molecule has 1 aromatic heterocycles. The van der Waals surface area contributed by atoms with Crippen LogP contribution < -0.4 is 5.32 Å². The van der Waals surface area contributed by atoms with E-state index in [2.05, 4.69) is 24.1 Å². The number of amides is 1. The normalized spacial score (nSPS) is 28.6. The van der Waals surface area contributed by atoms with Crippen molar-refractivity contribution in [3.8, 4) is 0 Å². The lowest BCUT2D eigenvalue weighted by Gasteiger charge is -2.52. The Hall–Kier alpha value is -2.40. The molecule has 37 heavy (non-hydrogen) atoms. The molecule has 1 amide bonds. The summed E-state index contributed by atoms with van der Waals surface area (Å²) in [6.45, 7) is 4.58. The van der Waals surface area contributed by atoms with Gasteiger partial charge in [-0.25, -0.2) is 4.98 Å². The lowest BCUT2D eigenvalue weighted by molar-refractivity contribution is -0.188. The first-order chi connectivity index (χ1) is 17.3. The van der Waals surface area contributed by atoms with Gasteiger partial charge in [-0.05, 0) is 49.3 Å². The Labute approximate surface area is 210 Å². The molecular formula is C26H29F6N3O2. The molecule has 11 heteroatoms. The zero-order valence-electron chi connectivity index (χ0n) is 20.5. The number of fused-ring (bicyclic) bond motifs is 1. The summed E-state index contributed by atoms with van der Waals surface area (Å²) in [7, 11) is 0. The van der Waals surface area contributed by atoms with Crippen LogP contribution >= 0.6 is 0 Å². The van der Waals surface area contributed by atoms with E-state index in [1.54, 1.807) is 0 Å². The fourth-order valence-corrected chi connectivity index (χ4v) is 6.32. The Morgan fingerprint density at radius 2 is 1.92 bits per heavy atom. The van der Waals surface area contributed by atoms with Crippen LogP contribution in [-0.4, -0.2) is 40.2 Å². The lowest BCUT2D eigenvalue weighted by Crippen LogP contribution is -2.62. The molecule has 0 bridgehead atoms. The second-order valence-corrected chi connectivity index (χ2v) is 10.7. The summed E-state index contributed by atoms with van der Waals surface area (Å²) in [5.74, 6) is 0.432. The van der Waals surface area contributed by atoms with Crippen LogP contribution in [0.4, 0.5) is 26.3 Å². The molecule has 1 spiro atoms. The zero-order valence-corrected chi connectivity index (χ0v) is 20.5. The molecule has 3 aliphatic rings. The molecule has 2 aliphatic heterocycles. The first kappa shape index (κ1) is 26.2. The number of carbonyl (C=O) groups is 1. The summed E-state index contributed by atoms with van der Waals surface area (Å²) in [5, 5.41) is 3.32. The molecule has 1 aromatic carbocycles. The number of nitrogens with zero attached hydrogens (tertiary/aromatic N) is 2. The number of alkyl halides is 6. The van der Waals surface area contributed by atoms with Crippen molar-refractivity contribution in [2.45, 2.75) is 82.7 Å². The molecule has 1 N–H and O–H groups in total. The smallest absolute Gasteiger partial charge is 0.353 e. The number of benzene rings is 1. The highest BCUT2D eigenvalue weighted by Gasteiger charge is 2.59. The van der Waals surface area contributed by atoms with Gasteiger partial charge in [0.25, 0.3) is 0 Å². The SMILES string of the molecule is CC(C)[C@H]1CO[C@]23CC[C@H](NCc4cc(C(F)(F)F)nc5c(C(F)(F)F)cccc45)C[C@H]2CCC(=O)N13. The molecule has 1 saturated carbocycles. The third kappa shape index (κ3) is 4.58. The molecule has 5 rings (SSSR count). The molecule has 4 atom stereocenters. The monoisotopic (exact) mass is 529 g/mol. The number of ether oxygens (including phenoxy) is 1. The van der Waals surface area contributed by atoms with E-state index >= 15 is 0 Å². The van der Waals surface area contributed by atoms with Crippen LogP contribution in [0.5, 0.6) is 0 Å².